The van der Waals surface area contributed by atoms with Crippen LogP contribution >= 0.6 is 0 Å². The zero-order valence-corrected chi connectivity index (χ0v) is 16.3. The lowest BCUT2D eigenvalue weighted by molar-refractivity contribution is -0.384. The van der Waals surface area contributed by atoms with Crippen molar-refractivity contribution in [3.05, 3.63) is 69.0 Å². The number of likely N-dealkylation sites (tertiary alicyclic amines) is 1. The van der Waals surface area contributed by atoms with Crippen LogP contribution in [0.4, 0.5) is 15.8 Å². The van der Waals surface area contributed by atoms with Gasteiger partial charge in [0, 0.05) is 36.0 Å². The fourth-order valence-electron chi connectivity index (χ4n) is 3.49. The van der Waals surface area contributed by atoms with Crippen LogP contribution in [0.3, 0.4) is 0 Å². The van der Waals surface area contributed by atoms with Crippen molar-refractivity contribution in [2.45, 2.75) is 39.2 Å². The highest BCUT2D eigenvalue weighted by molar-refractivity contribution is 6.05. The van der Waals surface area contributed by atoms with Gasteiger partial charge in [0.2, 0.25) is 0 Å². The molecule has 1 N–H and O–H groups in total. The van der Waals surface area contributed by atoms with Gasteiger partial charge in [-0.15, -0.1) is 0 Å². The maximum atomic E-state index is 14.0. The number of nitro benzene ring substituents is 1. The molecule has 29 heavy (non-hydrogen) atoms. The van der Waals surface area contributed by atoms with Crippen molar-refractivity contribution in [2.24, 2.45) is 0 Å². The SMILES string of the molecule is Cc1cc(C(=O)N2CCCCC2C)ccc1NC(=O)c1cc([N+](=O)[O-])ccc1F. The number of benzene rings is 2. The maximum Gasteiger partial charge on any atom is 0.270 e. The molecule has 0 aromatic heterocycles. The molecule has 1 unspecified atom stereocenters. The predicted molar refractivity (Wildman–Crippen MR) is 107 cm³/mol. The summed E-state index contributed by atoms with van der Waals surface area (Å²) >= 11 is 0. The highest BCUT2D eigenvalue weighted by atomic mass is 19.1. The molecule has 0 spiro atoms. The molecule has 1 aliphatic heterocycles. The second kappa shape index (κ2) is 8.38. The molecule has 2 aromatic rings. The number of piperidine rings is 1. The van der Waals surface area contributed by atoms with Crippen LogP contribution in [0.2, 0.25) is 0 Å². The van der Waals surface area contributed by atoms with Crippen LogP contribution in [0.15, 0.2) is 36.4 Å². The number of non-ortho nitro benzene ring substituents is 1. The van der Waals surface area contributed by atoms with E-state index in [2.05, 4.69) is 5.32 Å². The normalized spacial score (nSPS) is 16.4. The number of nitrogens with one attached hydrogen (secondary N) is 1. The summed E-state index contributed by atoms with van der Waals surface area (Å²) in [5.74, 6) is -1.70. The third kappa shape index (κ3) is 4.42. The second-order valence-electron chi connectivity index (χ2n) is 7.25. The number of aryl methyl sites for hydroxylation is 1. The Labute approximate surface area is 167 Å². The minimum atomic E-state index is -0.850. The van der Waals surface area contributed by atoms with Crippen molar-refractivity contribution in [3.8, 4) is 0 Å². The molecular formula is C21H22FN3O4. The minimum Gasteiger partial charge on any atom is -0.336 e. The van der Waals surface area contributed by atoms with E-state index in [1.54, 1.807) is 25.1 Å². The zero-order chi connectivity index (χ0) is 21.1. The molecule has 2 aromatic carbocycles. The molecule has 3 rings (SSSR count). The smallest absolute Gasteiger partial charge is 0.270 e. The predicted octanol–water partition coefficient (Wildman–Crippen LogP) is 4.31. The number of rotatable bonds is 4. The van der Waals surface area contributed by atoms with Gasteiger partial charge in [0.15, 0.2) is 0 Å². The first-order valence-electron chi connectivity index (χ1n) is 9.45. The van der Waals surface area contributed by atoms with Gasteiger partial charge in [-0.3, -0.25) is 19.7 Å². The average Bonchev–Trinajstić information content (AvgIpc) is 2.69. The van der Waals surface area contributed by atoms with Crippen LogP contribution in [-0.2, 0) is 0 Å². The van der Waals surface area contributed by atoms with E-state index in [0.717, 1.165) is 44.0 Å². The first-order valence-corrected chi connectivity index (χ1v) is 9.45. The highest BCUT2D eigenvalue weighted by Gasteiger charge is 2.24. The first kappa shape index (κ1) is 20.4. The van der Waals surface area contributed by atoms with Gasteiger partial charge in [0.1, 0.15) is 5.82 Å². The molecule has 0 aliphatic carbocycles. The molecule has 1 heterocycles. The van der Waals surface area contributed by atoms with Crippen molar-refractivity contribution in [1.29, 1.82) is 0 Å². The van der Waals surface area contributed by atoms with Crippen LogP contribution in [0, 0.1) is 22.9 Å². The Morgan fingerprint density at radius 3 is 2.62 bits per heavy atom. The number of nitrogens with zero attached hydrogens (tertiary/aromatic N) is 2. The Morgan fingerprint density at radius 1 is 1.21 bits per heavy atom. The number of hydrogen-bond donors (Lipinski definition) is 1. The summed E-state index contributed by atoms with van der Waals surface area (Å²) in [6.45, 7) is 4.49. The van der Waals surface area contributed by atoms with E-state index >= 15 is 0 Å². The summed E-state index contributed by atoms with van der Waals surface area (Å²) in [7, 11) is 0. The van der Waals surface area contributed by atoms with E-state index in [0.29, 0.717) is 16.8 Å². The molecule has 0 saturated carbocycles. The molecule has 0 radical (unpaired) electrons. The molecule has 8 heteroatoms. The third-order valence-corrected chi connectivity index (χ3v) is 5.19. The number of amides is 2. The van der Waals surface area contributed by atoms with E-state index < -0.39 is 22.2 Å². The highest BCUT2D eigenvalue weighted by Crippen LogP contribution is 2.24. The van der Waals surface area contributed by atoms with Gasteiger partial charge in [-0.05, 0) is 62.9 Å². The van der Waals surface area contributed by atoms with E-state index in [1.807, 2.05) is 11.8 Å². The van der Waals surface area contributed by atoms with Crippen LogP contribution in [0.1, 0.15) is 52.5 Å². The lowest BCUT2D eigenvalue weighted by Crippen LogP contribution is -2.42. The molecule has 152 valence electrons. The molecular weight excluding hydrogens is 377 g/mol. The molecule has 1 saturated heterocycles. The second-order valence-corrected chi connectivity index (χ2v) is 7.25. The summed E-state index contributed by atoms with van der Waals surface area (Å²) in [6, 6.07) is 7.87. The summed E-state index contributed by atoms with van der Waals surface area (Å²) in [5.41, 5.74) is 0.783. The summed E-state index contributed by atoms with van der Waals surface area (Å²) < 4.78 is 14.0. The Kier molecular flexibility index (Phi) is 5.91. The van der Waals surface area contributed by atoms with Gasteiger partial charge >= 0.3 is 0 Å². The fraction of sp³-hybridized carbons (Fsp3) is 0.333. The van der Waals surface area contributed by atoms with Crippen molar-refractivity contribution < 1.29 is 18.9 Å². The lowest BCUT2D eigenvalue weighted by Gasteiger charge is -2.33. The Morgan fingerprint density at radius 2 is 1.97 bits per heavy atom. The van der Waals surface area contributed by atoms with Crippen molar-refractivity contribution in [1.82, 2.24) is 4.90 Å². The Bertz CT molecular complexity index is 976. The monoisotopic (exact) mass is 399 g/mol. The van der Waals surface area contributed by atoms with E-state index in [9.17, 15) is 24.1 Å². The van der Waals surface area contributed by atoms with E-state index in [4.69, 9.17) is 0 Å². The van der Waals surface area contributed by atoms with Gasteiger partial charge in [-0.1, -0.05) is 0 Å². The molecule has 2 amide bonds. The standard InChI is InChI=1S/C21H22FN3O4/c1-13-11-15(21(27)24-10-4-3-5-14(24)2)6-9-19(13)23-20(26)17-12-16(25(28)29)7-8-18(17)22/h6-9,11-12,14H,3-5,10H2,1-2H3,(H,23,26). The number of halogens is 1. The number of hydrogen-bond acceptors (Lipinski definition) is 4. The zero-order valence-electron chi connectivity index (χ0n) is 16.3. The van der Waals surface area contributed by atoms with Gasteiger partial charge in [0.25, 0.3) is 17.5 Å². The fourth-order valence-corrected chi connectivity index (χ4v) is 3.49. The van der Waals surface area contributed by atoms with Crippen LogP contribution in [-0.4, -0.2) is 34.2 Å². The number of nitro groups is 1. The summed E-state index contributed by atoms with van der Waals surface area (Å²) in [4.78, 5) is 37.2. The quantitative estimate of drug-likeness (QED) is 0.612. The first-order chi connectivity index (χ1) is 13.8. The number of anilines is 1. The largest absolute Gasteiger partial charge is 0.336 e. The van der Waals surface area contributed by atoms with Crippen LogP contribution < -0.4 is 5.32 Å². The summed E-state index contributed by atoms with van der Waals surface area (Å²) in [5, 5.41) is 13.4. The minimum absolute atomic E-state index is 0.0529. The van der Waals surface area contributed by atoms with Crippen LogP contribution in [0.5, 0.6) is 0 Å². The number of carbonyl (C=O) groups excluding carboxylic acids is 2. The van der Waals surface area contributed by atoms with Crippen molar-refractivity contribution in [3.63, 3.8) is 0 Å². The van der Waals surface area contributed by atoms with Crippen molar-refractivity contribution >= 4 is 23.2 Å². The van der Waals surface area contributed by atoms with Gasteiger partial charge in [0.05, 0.1) is 10.5 Å². The van der Waals surface area contributed by atoms with E-state index in [1.165, 1.54) is 0 Å². The van der Waals surface area contributed by atoms with Crippen LogP contribution in [0.25, 0.3) is 0 Å². The molecule has 0 bridgehead atoms. The number of carbonyl (C=O) groups is 2. The average molecular weight is 399 g/mol. The van der Waals surface area contributed by atoms with Gasteiger partial charge < -0.3 is 10.2 Å². The van der Waals surface area contributed by atoms with E-state index in [-0.39, 0.29) is 17.6 Å². The topological polar surface area (TPSA) is 92.6 Å². The Balaban J connectivity index is 1.79. The lowest BCUT2D eigenvalue weighted by atomic mass is 10.0. The summed E-state index contributed by atoms with van der Waals surface area (Å²) in [6.07, 6.45) is 3.08. The van der Waals surface area contributed by atoms with Gasteiger partial charge in [-0.2, -0.15) is 0 Å². The molecule has 1 atom stereocenters. The van der Waals surface area contributed by atoms with Crippen molar-refractivity contribution in [2.75, 3.05) is 11.9 Å². The third-order valence-electron chi connectivity index (χ3n) is 5.19. The Hall–Kier alpha value is -3.29. The molecule has 1 aliphatic rings. The maximum absolute atomic E-state index is 14.0. The molecule has 1 fully saturated rings. The molecule has 7 nitrogen and oxygen atoms in total. The van der Waals surface area contributed by atoms with Gasteiger partial charge in [-0.25, -0.2) is 4.39 Å².